The van der Waals surface area contributed by atoms with Crippen molar-refractivity contribution in [1.29, 1.82) is 5.26 Å². The molecule has 3 rings (SSSR count). The van der Waals surface area contributed by atoms with Gasteiger partial charge in [-0.1, -0.05) is 6.07 Å². The normalized spacial score (nSPS) is 13.8. The zero-order valence-corrected chi connectivity index (χ0v) is 13.0. The first-order valence-corrected chi connectivity index (χ1v) is 7.44. The molecule has 1 heterocycles. The van der Waals surface area contributed by atoms with Crippen molar-refractivity contribution < 1.29 is 14.3 Å². The number of nitrogens with one attached hydrogen (secondary N) is 2. The Morgan fingerprint density at radius 2 is 2.04 bits per heavy atom. The van der Waals surface area contributed by atoms with Gasteiger partial charge in [-0.15, -0.1) is 0 Å². The van der Waals surface area contributed by atoms with E-state index in [9.17, 15) is 9.59 Å². The molecule has 120 valence electrons. The van der Waals surface area contributed by atoms with Gasteiger partial charge >= 0.3 is 0 Å². The van der Waals surface area contributed by atoms with Crippen LogP contribution >= 0.6 is 0 Å². The number of benzene rings is 2. The Morgan fingerprint density at radius 3 is 2.75 bits per heavy atom. The van der Waals surface area contributed by atoms with Crippen LogP contribution in [0, 0.1) is 11.3 Å². The number of fused-ring (bicyclic) bond motifs is 1. The molecular formula is C18H15N3O3. The lowest BCUT2D eigenvalue weighted by atomic mass is 10.1. The van der Waals surface area contributed by atoms with Crippen molar-refractivity contribution in [2.75, 3.05) is 11.9 Å². The van der Waals surface area contributed by atoms with Crippen LogP contribution in [0.15, 0.2) is 42.5 Å². The van der Waals surface area contributed by atoms with Crippen LogP contribution < -0.4 is 15.4 Å². The van der Waals surface area contributed by atoms with Crippen LogP contribution in [-0.4, -0.2) is 18.4 Å². The topological polar surface area (TPSA) is 91.2 Å². The highest BCUT2D eigenvalue weighted by molar-refractivity contribution is 5.96. The van der Waals surface area contributed by atoms with Crippen LogP contribution in [0.4, 0.5) is 5.69 Å². The Bertz CT molecular complexity index is 838. The van der Waals surface area contributed by atoms with Crippen molar-refractivity contribution in [3.05, 3.63) is 59.2 Å². The molecule has 0 aliphatic carbocycles. The molecule has 0 bridgehead atoms. The van der Waals surface area contributed by atoms with E-state index in [2.05, 4.69) is 10.6 Å². The maximum absolute atomic E-state index is 12.3. The molecule has 0 aromatic heterocycles. The molecule has 2 aromatic rings. The van der Waals surface area contributed by atoms with E-state index in [1.165, 1.54) is 0 Å². The summed E-state index contributed by atoms with van der Waals surface area (Å²) in [5.41, 5.74) is 2.44. The van der Waals surface area contributed by atoms with Gasteiger partial charge in [0.25, 0.3) is 11.8 Å². The summed E-state index contributed by atoms with van der Waals surface area (Å²) < 4.78 is 5.32. The minimum Gasteiger partial charge on any atom is -0.482 e. The Kier molecular flexibility index (Phi) is 4.17. The average molecular weight is 321 g/mol. The lowest BCUT2D eigenvalue weighted by Gasteiger charge is -2.21. The van der Waals surface area contributed by atoms with E-state index < -0.39 is 0 Å². The van der Waals surface area contributed by atoms with E-state index in [0.717, 1.165) is 5.56 Å². The number of carbonyl (C=O) groups is 2. The molecule has 0 spiro atoms. The molecule has 2 amide bonds. The number of hydrogen-bond acceptors (Lipinski definition) is 4. The number of nitriles is 1. The van der Waals surface area contributed by atoms with Gasteiger partial charge < -0.3 is 15.4 Å². The van der Waals surface area contributed by atoms with E-state index in [1.54, 1.807) is 36.4 Å². The molecule has 0 fully saturated rings. The first kappa shape index (κ1) is 15.6. The van der Waals surface area contributed by atoms with Gasteiger partial charge in [-0.2, -0.15) is 5.26 Å². The van der Waals surface area contributed by atoms with Crippen molar-refractivity contribution in [1.82, 2.24) is 5.32 Å². The van der Waals surface area contributed by atoms with Gasteiger partial charge in [0.2, 0.25) is 0 Å². The quantitative estimate of drug-likeness (QED) is 0.908. The minimum absolute atomic E-state index is 0.0112. The minimum atomic E-state index is -0.253. The lowest BCUT2D eigenvalue weighted by molar-refractivity contribution is -0.118. The average Bonchev–Trinajstić information content (AvgIpc) is 2.61. The lowest BCUT2D eigenvalue weighted by Crippen LogP contribution is -2.28. The van der Waals surface area contributed by atoms with Gasteiger partial charge in [0.05, 0.1) is 23.4 Å². The van der Waals surface area contributed by atoms with Crippen molar-refractivity contribution in [3.8, 4) is 11.8 Å². The van der Waals surface area contributed by atoms with E-state index in [4.69, 9.17) is 10.00 Å². The molecule has 2 N–H and O–H groups in total. The Labute approximate surface area is 139 Å². The summed E-state index contributed by atoms with van der Waals surface area (Å²) in [6.07, 6.45) is 0. The van der Waals surface area contributed by atoms with Gasteiger partial charge in [-0.05, 0) is 48.9 Å². The molecule has 0 unspecified atom stereocenters. The molecule has 0 radical (unpaired) electrons. The largest absolute Gasteiger partial charge is 0.482 e. The van der Waals surface area contributed by atoms with Crippen LogP contribution in [0.25, 0.3) is 0 Å². The Balaban J connectivity index is 1.73. The highest BCUT2D eigenvalue weighted by atomic mass is 16.5. The Morgan fingerprint density at radius 1 is 1.29 bits per heavy atom. The highest BCUT2D eigenvalue weighted by Gasteiger charge is 2.18. The molecule has 6 nitrogen and oxygen atoms in total. The first-order chi connectivity index (χ1) is 11.6. The molecule has 24 heavy (non-hydrogen) atoms. The van der Waals surface area contributed by atoms with Crippen molar-refractivity contribution >= 4 is 17.5 Å². The fourth-order valence-corrected chi connectivity index (χ4v) is 2.43. The third-order valence-corrected chi connectivity index (χ3v) is 3.76. The molecule has 2 aromatic carbocycles. The van der Waals surface area contributed by atoms with Crippen LogP contribution in [-0.2, 0) is 4.79 Å². The molecule has 6 heteroatoms. The monoisotopic (exact) mass is 321 g/mol. The maximum atomic E-state index is 12.3. The zero-order valence-electron chi connectivity index (χ0n) is 13.0. The maximum Gasteiger partial charge on any atom is 0.262 e. The summed E-state index contributed by atoms with van der Waals surface area (Å²) in [4.78, 5) is 23.7. The number of hydrogen-bond donors (Lipinski definition) is 2. The fraction of sp³-hybridized carbons (Fsp3) is 0.167. The van der Waals surface area contributed by atoms with Crippen LogP contribution in [0.5, 0.6) is 5.75 Å². The van der Waals surface area contributed by atoms with Gasteiger partial charge in [0, 0.05) is 5.56 Å². The summed E-state index contributed by atoms with van der Waals surface area (Å²) in [6, 6.07) is 13.6. The number of amides is 2. The van der Waals surface area contributed by atoms with Gasteiger partial charge in [0.1, 0.15) is 5.75 Å². The van der Waals surface area contributed by atoms with Gasteiger partial charge in [-0.25, -0.2) is 0 Å². The summed E-state index contributed by atoms with van der Waals surface area (Å²) in [6.45, 7) is 1.87. The van der Waals surface area contributed by atoms with E-state index in [0.29, 0.717) is 22.6 Å². The second-order valence-corrected chi connectivity index (χ2v) is 5.48. The van der Waals surface area contributed by atoms with Crippen molar-refractivity contribution in [2.24, 2.45) is 0 Å². The molecule has 0 saturated heterocycles. The predicted molar refractivity (Wildman–Crippen MR) is 87.6 cm³/mol. The summed E-state index contributed by atoms with van der Waals surface area (Å²) in [5.74, 6) is 0.183. The van der Waals surface area contributed by atoms with E-state index >= 15 is 0 Å². The molecule has 1 aliphatic rings. The predicted octanol–water partition coefficient (Wildman–Crippen LogP) is 2.38. The van der Waals surface area contributed by atoms with Crippen molar-refractivity contribution in [3.63, 3.8) is 0 Å². The summed E-state index contributed by atoms with van der Waals surface area (Å²) >= 11 is 0. The third kappa shape index (κ3) is 3.20. The van der Waals surface area contributed by atoms with E-state index in [1.807, 2.05) is 19.1 Å². The third-order valence-electron chi connectivity index (χ3n) is 3.76. The number of rotatable bonds is 3. The van der Waals surface area contributed by atoms with Gasteiger partial charge in [-0.3, -0.25) is 9.59 Å². The fourth-order valence-electron chi connectivity index (χ4n) is 2.43. The molecular weight excluding hydrogens is 306 g/mol. The molecule has 0 saturated carbocycles. The summed E-state index contributed by atoms with van der Waals surface area (Å²) in [5, 5.41) is 14.4. The van der Waals surface area contributed by atoms with E-state index in [-0.39, 0.29) is 24.5 Å². The Hall–Kier alpha value is -3.33. The number of ether oxygens (including phenoxy) is 1. The van der Waals surface area contributed by atoms with Crippen LogP contribution in [0.1, 0.15) is 34.5 Å². The number of anilines is 1. The van der Waals surface area contributed by atoms with Crippen LogP contribution in [0.3, 0.4) is 0 Å². The van der Waals surface area contributed by atoms with Crippen molar-refractivity contribution in [2.45, 2.75) is 13.0 Å². The second kappa shape index (κ2) is 6.42. The smallest absolute Gasteiger partial charge is 0.262 e. The number of carbonyl (C=O) groups excluding carboxylic acids is 2. The first-order valence-electron chi connectivity index (χ1n) is 7.44. The van der Waals surface area contributed by atoms with Crippen LogP contribution in [0.2, 0.25) is 0 Å². The summed E-state index contributed by atoms with van der Waals surface area (Å²) in [7, 11) is 0. The standard InChI is InChI=1S/C18H15N3O3/c1-11(20-18(23)13-4-2-12(9-19)3-5-13)14-6-7-16-15(8-14)21-17(22)10-24-16/h2-8,11H,10H2,1H3,(H,20,23)(H,21,22)/t11-/m0/s1. The second-order valence-electron chi connectivity index (χ2n) is 5.48. The number of nitrogens with zero attached hydrogens (tertiary/aromatic N) is 1. The molecule has 1 atom stereocenters. The zero-order chi connectivity index (χ0) is 17.1. The molecule has 1 aliphatic heterocycles. The van der Waals surface area contributed by atoms with Gasteiger partial charge in [0.15, 0.2) is 6.61 Å². The highest BCUT2D eigenvalue weighted by Crippen LogP contribution is 2.30. The SMILES string of the molecule is C[C@H](NC(=O)c1ccc(C#N)cc1)c1ccc2c(c1)NC(=O)CO2.